The normalized spacial score (nSPS) is 15.3. The average Bonchev–Trinajstić information content (AvgIpc) is 3.14. The van der Waals surface area contributed by atoms with E-state index >= 15 is 0 Å². The Morgan fingerprint density at radius 2 is 2.09 bits per heavy atom. The molecule has 0 unspecified atom stereocenters. The van der Waals surface area contributed by atoms with E-state index < -0.39 is 0 Å². The zero-order valence-corrected chi connectivity index (χ0v) is 13.0. The molecule has 0 aromatic carbocycles. The van der Waals surface area contributed by atoms with E-state index in [1.165, 1.54) is 6.42 Å². The number of nitrogens with one attached hydrogen (secondary N) is 1. The molecule has 2 heterocycles. The number of aromatic nitrogens is 2. The van der Waals surface area contributed by atoms with Crippen molar-refractivity contribution in [3.05, 3.63) is 30.5 Å². The highest BCUT2D eigenvalue weighted by atomic mass is 16.5. The summed E-state index contributed by atoms with van der Waals surface area (Å²) in [5, 5.41) is 11.0. The average molecular weight is 315 g/mol. The van der Waals surface area contributed by atoms with E-state index in [1.54, 1.807) is 24.5 Å². The smallest absolute Gasteiger partial charge is 0.233 e. The van der Waals surface area contributed by atoms with Crippen LogP contribution in [-0.4, -0.2) is 29.3 Å². The van der Waals surface area contributed by atoms with Gasteiger partial charge in [0.05, 0.1) is 12.8 Å². The van der Waals surface area contributed by atoms with Gasteiger partial charge in [-0.15, -0.1) is 10.2 Å². The number of hydrogen-bond donors (Lipinski definition) is 1. The van der Waals surface area contributed by atoms with E-state index in [9.17, 15) is 4.79 Å². The molecule has 1 saturated carbocycles. The van der Waals surface area contributed by atoms with Crippen LogP contribution in [0.2, 0.25) is 0 Å². The van der Waals surface area contributed by atoms with Crippen LogP contribution in [0.3, 0.4) is 0 Å². The molecule has 0 aliphatic heterocycles. The molecule has 0 bridgehead atoms. The van der Waals surface area contributed by atoms with Gasteiger partial charge in [0.25, 0.3) is 0 Å². The fourth-order valence-electron chi connectivity index (χ4n) is 2.79. The first-order chi connectivity index (χ1) is 11.3. The molecule has 1 aliphatic rings. The third-order valence-electron chi connectivity index (χ3n) is 4.04. The van der Waals surface area contributed by atoms with Gasteiger partial charge in [-0.05, 0) is 31.0 Å². The Balaban J connectivity index is 1.39. The van der Waals surface area contributed by atoms with Crippen molar-refractivity contribution in [2.24, 2.45) is 5.92 Å². The van der Waals surface area contributed by atoms with E-state index in [-0.39, 0.29) is 11.8 Å². The molecule has 1 fully saturated rings. The standard InChI is InChI=1S/C17H21N3O3/c21-17(13-5-2-1-3-6-13)18-10-12-23-16-9-8-14(19-20-16)15-7-4-11-22-15/h4,7-9,11,13H,1-3,5-6,10,12H2,(H,18,21). The Labute approximate surface area is 135 Å². The summed E-state index contributed by atoms with van der Waals surface area (Å²) >= 11 is 0. The highest BCUT2D eigenvalue weighted by Crippen LogP contribution is 2.23. The van der Waals surface area contributed by atoms with Crippen molar-refractivity contribution in [3.8, 4) is 17.3 Å². The van der Waals surface area contributed by atoms with E-state index in [4.69, 9.17) is 9.15 Å². The number of rotatable bonds is 6. The molecule has 3 rings (SSSR count). The summed E-state index contributed by atoms with van der Waals surface area (Å²) in [6, 6.07) is 7.16. The summed E-state index contributed by atoms with van der Waals surface area (Å²) in [6.07, 6.45) is 7.17. The number of ether oxygens (including phenoxy) is 1. The van der Waals surface area contributed by atoms with Crippen LogP contribution in [0.1, 0.15) is 32.1 Å². The van der Waals surface area contributed by atoms with Crippen LogP contribution in [0.5, 0.6) is 5.88 Å². The third kappa shape index (κ3) is 4.31. The SMILES string of the molecule is O=C(NCCOc1ccc(-c2ccco2)nn1)C1CCCCC1. The Kier molecular flexibility index (Phi) is 5.24. The molecule has 0 atom stereocenters. The van der Waals surface area contributed by atoms with Crippen LogP contribution >= 0.6 is 0 Å². The molecule has 1 aliphatic carbocycles. The van der Waals surface area contributed by atoms with Crippen LogP contribution in [-0.2, 0) is 4.79 Å². The van der Waals surface area contributed by atoms with E-state index in [0.29, 0.717) is 30.5 Å². The number of hydrogen-bond acceptors (Lipinski definition) is 5. The lowest BCUT2D eigenvalue weighted by Crippen LogP contribution is -2.34. The van der Waals surface area contributed by atoms with Crippen LogP contribution in [0.4, 0.5) is 0 Å². The number of carbonyl (C=O) groups excluding carboxylic acids is 1. The predicted octanol–water partition coefficient (Wildman–Crippen LogP) is 2.81. The Hall–Kier alpha value is -2.37. The molecule has 0 radical (unpaired) electrons. The van der Waals surface area contributed by atoms with Gasteiger partial charge in [-0.3, -0.25) is 4.79 Å². The Morgan fingerprint density at radius 3 is 2.78 bits per heavy atom. The Bertz CT molecular complexity index is 605. The van der Waals surface area contributed by atoms with E-state index in [2.05, 4.69) is 15.5 Å². The largest absolute Gasteiger partial charge is 0.475 e. The second-order valence-electron chi connectivity index (χ2n) is 5.71. The summed E-state index contributed by atoms with van der Waals surface area (Å²) < 4.78 is 10.7. The fourth-order valence-corrected chi connectivity index (χ4v) is 2.79. The van der Waals surface area contributed by atoms with Crippen molar-refractivity contribution < 1.29 is 13.9 Å². The predicted molar refractivity (Wildman–Crippen MR) is 84.8 cm³/mol. The van der Waals surface area contributed by atoms with Crippen molar-refractivity contribution in [3.63, 3.8) is 0 Å². The Morgan fingerprint density at radius 1 is 1.22 bits per heavy atom. The molecule has 122 valence electrons. The monoisotopic (exact) mass is 315 g/mol. The molecular weight excluding hydrogens is 294 g/mol. The lowest BCUT2D eigenvalue weighted by atomic mass is 9.89. The van der Waals surface area contributed by atoms with E-state index in [0.717, 1.165) is 25.7 Å². The summed E-state index contributed by atoms with van der Waals surface area (Å²) in [5.41, 5.74) is 0.660. The zero-order valence-electron chi connectivity index (χ0n) is 13.0. The van der Waals surface area contributed by atoms with Crippen molar-refractivity contribution in [1.29, 1.82) is 0 Å². The van der Waals surface area contributed by atoms with Gasteiger partial charge in [0.2, 0.25) is 11.8 Å². The molecular formula is C17H21N3O3. The molecule has 2 aromatic rings. The zero-order chi connectivity index (χ0) is 15.9. The second-order valence-corrected chi connectivity index (χ2v) is 5.71. The summed E-state index contributed by atoms with van der Waals surface area (Å²) in [4.78, 5) is 12.0. The first kappa shape index (κ1) is 15.5. The van der Waals surface area contributed by atoms with Gasteiger partial charge in [-0.25, -0.2) is 0 Å². The van der Waals surface area contributed by atoms with Gasteiger partial charge in [-0.2, -0.15) is 0 Å². The minimum atomic E-state index is 0.146. The van der Waals surface area contributed by atoms with Crippen LogP contribution < -0.4 is 10.1 Å². The highest BCUT2D eigenvalue weighted by molar-refractivity contribution is 5.78. The van der Waals surface area contributed by atoms with Crippen molar-refractivity contribution in [1.82, 2.24) is 15.5 Å². The number of furan rings is 1. The third-order valence-corrected chi connectivity index (χ3v) is 4.04. The van der Waals surface area contributed by atoms with Crippen LogP contribution in [0, 0.1) is 5.92 Å². The maximum absolute atomic E-state index is 12.0. The first-order valence-electron chi connectivity index (χ1n) is 8.11. The molecule has 1 amide bonds. The van der Waals surface area contributed by atoms with Gasteiger partial charge >= 0.3 is 0 Å². The van der Waals surface area contributed by atoms with Gasteiger partial charge in [-0.1, -0.05) is 19.3 Å². The van der Waals surface area contributed by atoms with Gasteiger partial charge < -0.3 is 14.5 Å². The lowest BCUT2D eigenvalue weighted by Gasteiger charge is -2.20. The molecule has 6 nitrogen and oxygen atoms in total. The molecule has 23 heavy (non-hydrogen) atoms. The number of carbonyl (C=O) groups is 1. The van der Waals surface area contributed by atoms with Gasteiger partial charge in [0, 0.05) is 12.0 Å². The number of amides is 1. The van der Waals surface area contributed by atoms with Crippen molar-refractivity contribution in [2.45, 2.75) is 32.1 Å². The van der Waals surface area contributed by atoms with E-state index in [1.807, 2.05) is 6.07 Å². The first-order valence-corrected chi connectivity index (χ1v) is 8.11. The van der Waals surface area contributed by atoms with Gasteiger partial charge in [0.15, 0.2) is 5.76 Å². The van der Waals surface area contributed by atoms with Gasteiger partial charge in [0.1, 0.15) is 12.3 Å². The summed E-state index contributed by atoms with van der Waals surface area (Å²) in [5.74, 6) is 1.43. The highest BCUT2D eigenvalue weighted by Gasteiger charge is 2.20. The topological polar surface area (TPSA) is 77.2 Å². The maximum Gasteiger partial charge on any atom is 0.233 e. The fraction of sp³-hybridized carbons (Fsp3) is 0.471. The van der Waals surface area contributed by atoms with Crippen LogP contribution in [0.25, 0.3) is 11.5 Å². The summed E-state index contributed by atoms with van der Waals surface area (Å²) in [7, 11) is 0. The maximum atomic E-state index is 12.0. The molecule has 0 saturated heterocycles. The number of nitrogens with zero attached hydrogens (tertiary/aromatic N) is 2. The van der Waals surface area contributed by atoms with Crippen LogP contribution in [0.15, 0.2) is 34.9 Å². The molecule has 0 spiro atoms. The van der Waals surface area contributed by atoms with Crippen molar-refractivity contribution >= 4 is 5.91 Å². The van der Waals surface area contributed by atoms with Crippen molar-refractivity contribution in [2.75, 3.05) is 13.2 Å². The summed E-state index contributed by atoms with van der Waals surface area (Å²) in [6.45, 7) is 0.865. The minimum absolute atomic E-state index is 0.146. The molecule has 2 aromatic heterocycles. The molecule has 6 heteroatoms. The molecule has 1 N–H and O–H groups in total. The lowest BCUT2D eigenvalue weighted by molar-refractivity contribution is -0.126. The minimum Gasteiger partial charge on any atom is -0.475 e. The second kappa shape index (κ2) is 7.76. The quantitative estimate of drug-likeness (QED) is 0.829.